The van der Waals surface area contributed by atoms with Crippen LogP contribution in [0.2, 0.25) is 0 Å². The van der Waals surface area contributed by atoms with Gasteiger partial charge in [0.15, 0.2) is 21.5 Å². The van der Waals surface area contributed by atoms with Crippen LogP contribution in [0.15, 0.2) is 10.4 Å². The van der Waals surface area contributed by atoms with Gasteiger partial charge in [-0.25, -0.2) is 18.4 Å². The van der Waals surface area contributed by atoms with Crippen molar-refractivity contribution in [1.29, 1.82) is 0 Å². The average Bonchev–Trinajstić information content (AvgIpc) is 3.08. The number of hydrogen-bond donors (Lipinski definition) is 2. The third kappa shape index (κ3) is 5.62. The highest BCUT2D eigenvalue weighted by atomic mass is 32.2. The Morgan fingerprint density at radius 3 is 2.75 bits per heavy atom. The summed E-state index contributed by atoms with van der Waals surface area (Å²) in [6.07, 6.45) is -3.84. The van der Waals surface area contributed by atoms with Crippen LogP contribution in [0.1, 0.15) is 24.0 Å². The topological polar surface area (TPSA) is 83.4 Å². The van der Waals surface area contributed by atoms with Crippen LogP contribution < -0.4 is 10.6 Å². The molecule has 2 N–H and O–H groups in total. The minimum Gasteiger partial charge on any atom is -0.357 e. The molecule has 1 saturated heterocycles. The summed E-state index contributed by atoms with van der Waals surface area (Å²) in [5.74, 6) is 0.814. The minimum absolute atomic E-state index is 0.0237. The summed E-state index contributed by atoms with van der Waals surface area (Å²) in [5.41, 5.74) is -0.910. The molecule has 0 aromatic carbocycles. The molecule has 0 aliphatic carbocycles. The molecule has 1 aliphatic rings. The van der Waals surface area contributed by atoms with Crippen LogP contribution in [-0.2, 0) is 22.6 Å². The fraction of sp³-hybridized carbons (Fsp3) is 0.692. The van der Waals surface area contributed by atoms with Gasteiger partial charge in [0.05, 0.1) is 18.1 Å². The van der Waals surface area contributed by atoms with E-state index >= 15 is 0 Å². The molecule has 136 valence electrons. The first-order valence-electron chi connectivity index (χ1n) is 7.44. The number of sulfone groups is 1. The van der Waals surface area contributed by atoms with Gasteiger partial charge in [0.25, 0.3) is 0 Å². The lowest BCUT2D eigenvalue weighted by Crippen LogP contribution is -2.40. The second kappa shape index (κ2) is 7.68. The average molecular weight is 384 g/mol. The van der Waals surface area contributed by atoms with Crippen LogP contribution in [0.4, 0.5) is 13.2 Å². The highest BCUT2D eigenvalue weighted by Crippen LogP contribution is 2.30. The van der Waals surface area contributed by atoms with E-state index in [9.17, 15) is 21.6 Å². The molecular formula is C13H19F3N4O2S2. The van der Waals surface area contributed by atoms with Crippen molar-refractivity contribution in [2.75, 3.05) is 24.6 Å². The molecule has 0 spiro atoms. The SMILES string of the molecule is CCNC(=NCc1nc(C(F)(F)F)cs1)NCC1CCS(=O)(=O)C1. The summed E-state index contributed by atoms with van der Waals surface area (Å²) in [4.78, 5) is 7.72. The van der Waals surface area contributed by atoms with Crippen molar-refractivity contribution < 1.29 is 21.6 Å². The standard InChI is InChI=1S/C13H19F3N4O2S2/c1-2-17-12(18-5-9-3-4-24(21,22)8-9)19-6-11-20-10(7-23-11)13(14,15)16/h7,9H,2-6,8H2,1H3,(H2,17,18,19). The summed E-state index contributed by atoms with van der Waals surface area (Å²) in [6.45, 7) is 2.93. The molecule has 6 nitrogen and oxygen atoms in total. The van der Waals surface area contributed by atoms with Gasteiger partial charge in [-0.15, -0.1) is 11.3 Å². The maximum atomic E-state index is 12.5. The monoisotopic (exact) mass is 384 g/mol. The lowest BCUT2D eigenvalue weighted by atomic mass is 10.1. The van der Waals surface area contributed by atoms with Crippen LogP contribution in [0.5, 0.6) is 0 Å². The fourth-order valence-electron chi connectivity index (χ4n) is 2.28. The van der Waals surface area contributed by atoms with E-state index in [1.807, 2.05) is 6.92 Å². The van der Waals surface area contributed by atoms with Gasteiger partial charge in [0, 0.05) is 18.5 Å². The van der Waals surface area contributed by atoms with Crippen molar-refractivity contribution in [3.8, 4) is 0 Å². The predicted molar refractivity (Wildman–Crippen MR) is 86.7 cm³/mol. The van der Waals surface area contributed by atoms with Crippen LogP contribution in [0, 0.1) is 5.92 Å². The molecule has 0 radical (unpaired) electrons. The molecule has 1 aromatic rings. The van der Waals surface area contributed by atoms with E-state index in [-0.39, 0.29) is 29.0 Å². The van der Waals surface area contributed by atoms with E-state index in [0.29, 0.717) is 25.5 Å². The molecule has 24 heavy (non-hydrogen) atoms. The number of halogens is 3. The summed E-state index contributed by atoms with van der Waals surface area (Å²) >= 11 is 0.907. The summed E-state index contributed by atoms with van der Waals surface area (Å²) in [5, 5.41) is 7.25. The van der Waals surface area contributed by atoms with Crippen LogP contribution >= 0.6 is 11.3 Å². The van der Waals surface area contributed by atoms with Gasteiger partial charge in [0.1, 0.15) is 5.01 Å². The summed E-state index contributed by atoms with van der Waals surface area (Å²) in [6, 6.07) is 0. The maximum Gasteiger partial charge on any atom is 0.434 e. The second-order valence-corrected chi connectivity index (χ2v) is 8.64. The van der Waals surface area contributed by atoms with E-state index in [4.69, 9.17) is 0 Å². The van der Waals surface area contributed by atoms with Gasteiger partial charge in [-0.3, -0.25) is 0 Å². The first kappa shape index (κ1) is 19.0. The number of alkyl halides is 3. The van der Waals surface area contributed by atoms with Crippen LogP contribution in [-0.4, -0.2) is 44.0 Å². The zero-order chi connectivity index (χ0) is 17.8. The molecule has 1 atom stereocenters. The summed E-state index contributed by atoms with van der Waals surface area (Å²) < 4.78 is 60.4. The highest BCUT2D eigenvalue weighted by molar-refractivity contribution is 7.91. The molecular weight excluding hydrogens is 365 g/mol. The van der Waals surface area contributed by atoms with Crippen molar-refractivity contribution in [3.63, 3.8) is 0 Å². The Bertz CT molecular complexity index is 686. The molecule has 1 fully saturated rings. The zero-order valence-corrected chi connectivity index (χ0v) is 14.7. The third-order valence-electron chi connectivity index (χ3n) is 3.44. The number of nitrogens with zero attached hydrogens (tertiary/aromatic N) is 2. The van der Waals surface area contributed by atoms with E-state index in [0.717, 1.165) is 16.7 Å². The Morgan fingerprint density at radius 2 is 2.21 bits per heavy atom. The molecule has 0 amide bonds. The number of thiazole rings is 1. The second-order valence-electron chi connectivity index (χ2n) is 5.47. The number of hydrogen-bond acceptors (Lipinski definition) is 5. The van der Waals surface area contributed by atoms with Gasteiger partial charge in [-0.2, -0.15) is 13.2 Å². The molecule has 0 saturated carbocycles. The first-order chi connectivity index (χ1) is 11.2. The Hall–Kier alpha value is -1.36. The highest BCUT2D eigenvalue weighted by Gasteiger charge is 2.33. The number of aliphatic imine (C=N–C) groups is 1. The normalized spacial score (nSPS) is 21.0. The van der Waals surface area contributed by atoms with Crippen molar-refractivity contribution in [1.82, 2.24) is 15.6 Å². The molecule has 2 rings (SSSR count). The van der Waals surface area contributed by atoms with Crippen molar-refractivity contribution in [3.05, 3.63) is 16.1 Å². The van der Waals surface area contributed by atoms with Crippen molar-refractivity contribution in [2.45, 2.75) is 26.1 Å². The molecule has 2 heterocycles. The molecule has 1 aliphatic heterocycles. The Kier molecular flexibility index (Phi) is 6.07. The Balaban J connectivity index is 1.92. The number of rotatable bonds is 5. The van der Waals surface area contributed by atoms with Gasteiger partial charge in [-0.05, 0) is 19.3 Å². The molecule has 11 heteroatoms. The largest absolute Gasteiger partial charge is 0.434 e. The zero-order valence-electron chi connectivity index (χ0n) is 13.1. The third-order valence-corrected chi connectivity index (χ3v) is 6.11. The van der Waals surface area contributed by atoms with E-state index in [1.165, 1.54) is 0 Å². The molecule has 1 unspecified atom stereocenters. The lowest BCUT2D eigenvalue weighted by Gasteiger charge is -2.13. The van der Waals surface area contributed by atoms with E-state index < -0.39 is 21.7 Å². The molecule has 0 bridgehead atoms. The van der Waals surface area contributed by atoms with Crippen LogP contribution in [0.25, 0.3) is 0 Å². The maximum absolute atomic E-state index is 12.5. The molecule has 1 aromatic heterocycles. The smallest absolute Gasteiger partial charge is 0.357 e. The predicted octanol–water partition coefficient (Wildman–Crippen LogP) is 1.65. The van der Waals surface area contributed by atoms with E-state index in [2.05, 4.69) is 20.6 Å². The number of nitrogens with one attached hydrogen (secondary N) is 2. The quantitative estimate of drug-likeness (QED) is 0.596. The summed E-state index contributed by atoms with van der Waals surface area (Å²) in [7, 11) is -2.94. The van der Waals surface area contributed by atoms with Crippen molar-refractivity contribution in [2.24, 2.45) is 10.9 Å². The number of aromatic nitrogens is 1. The van der Waals surface area contributed by atoms with Gasteiger partial charge in [-0.1, -0.05) is 0 Å². The van der Waals surface area contributed by atoms with Crippen LogP contribution in [0.3, 0.4) is 0 Å². The lowest BCUT2D eigenvalue weighted by molar-refractivity contribution is -0.140. The van der Waals surface area contributed by atoms with Gasteiger partial charge >= 0.3 is 6.18 Å². The van der Waals surface area contributed by atoms with Gasteiger partial charge in [0.2, 0.25) is 0 Å². The number of guanidine groups is 1. The fourth-order valence-corrected chi connectivity index (χ4v) is 4.86. The Morgan fingerprint density at radius 1 is 1.46 bits per heavy atom. The van der Waals surface area contributed by atoms with E-state index in [1.54, 1.807) is 0 Å². The van der Waals surface area contributed by atoms with Crippen molar-refractivity contribution >= 4 is 27.1 Å². The van der Waals surface area contributed by atoms with Gasteiger partial charge < -0.3 is 10.6 Å². The minimum atomic E-state index is -4.45. The first-order valence-corrected chi connectivity index (χ1v) is 10.1. The Labute approximate surface area is 142 Å².